The van der Waals surface area contributed by atoms with Gasteiger partial charge in [0.15, 0.2) is 0 Å². The summed E-state index contributed by atoms with van der Waals surface area (Å²) in [5.74, 6) is 0.0993. The molecule has 0 bridgehead atoms. The molecule has 1 fully saturated rings. The number of benzene rings is 1. The van der Waals surface area contributed by atoms with Gasteiger partial charge >= 0.3 is 6.18 Å². The highest BCUT2D eigenvalue weighted by Crippen LogP contribution is 2.36. The molecule has 1 aliphatic heterocycles. The number of ether oxygens (including phenoxy) is 1. The van der Waals surface area contributed by atoms with Crippen LogP contribution in [-0.2, 0) is 10.9 Å². The van der Waals surface area contributed by atoms with E-state index in [9.17, 15) is 13.2 Å². The van der Waals surface area contributed by atoms with Gasteiger partial charge in [0.1, 0.15) is 0 Å². The molecule has 1 aromatic rings. The second-order valence-electron chi connectivity index (χ2n) is 4.55. The molecule has 100 valence electrons. The Bertz CT molecular complexity index is 405. The van der Waals surface area contributed by atoms with Gasteiger partial charge in [0.05, 0.1) is 11.7 Å². The van der Waals surface area contributed by atoms with Gasteiger partial charge in [-0.25, -0.2) is 0 Å². The Balaban J connectivity index is 2.27. The summed E-state index contributed by atoms with van der Waals surface area (Å²) in [6, 6.07) is 5.33. The molecule has 1 aromatic carbocycles. The highest BCUT2D eigenvalue weighted by molar-refractivity contribution is 5.28. The zero-order valence-electron chi connectivity index (χ0n) is 9.91. The Kier molecular flexibility index (Phi) is 3.92. The van der Waals surface area contributed by atoms with E-state index >= 15 is 0 Å². The molecule has 2 atom stereocenters. The first kappa shape index (κ1) is 13.4. The largest absolute Gasteiger partial charge is 0.416 e. The van der Waals surface area contributed by atoms with Crippen molar-refractivity contribution in [3.63, 3.8) is 0 Å². The minimum atomic E-state index is -4.32. The molecule has 0 aromatic heterocycles. The molecule has 2 unspecified atom stereocenters. The third-order valence-electron chi connectivity index (χ3n) is 3.29. The van der Waals surface area contributed by atoms with Gasteiger partial charge in [0.25, 0.3) is 0 Å². The first-order valence-electron chi connectivity index (χ1n) is 6.01. The summed E-state index contributed by atoms with van der Waals surface area (Å²) in [5, 5.41) is 0. The molecular formula is C13H16F3NO. The van der Waals surface area contributed by atoms with E-state index in [1.165, 1.54) is 12.1 Å². The highest BCUT2D eigenvalue weighted by Gasteiger charge is 2.32. The van der Waals surface area contributed by atoms with Crippen LogP contribution in [0, 0.1) is 5.92 Å². The zero-order valence-corrected chi connectivity index (χ0v) is 9.91. The molecule has 0 spiro atoms. The lowest BCUT2D eigenvalue weighted by Gasteiger charge is -2.31. The van der Waals surface area contributed by atoms with Crippen molar-refractivity contribution < 1.29 is 17.9 Å². The van der Waals surface area contributed by atoms with Gasteiger partial charge in [-0.1, -0.05) is 12.1 Å². The van der Waals surface area contributed by atoms with E-state index in [0.717, 1.165) is 18.9 Å². The van der Waals surface area contributed by atoms with Crippen molar-refractivity contribution in [3.8, 4) is 0 Å². The maximum absolute atomic E-state index is 12.6. The normalized spacial score (nSPS) is 25.1. The molecule has 1 saturated heterocycles. The van der Waals surface area contributed by atoms with Crippen LogP contribution in [0.3, 0.4) is 0 Å². The summed E-state index contributed by atoms with van der Waals surface area (Å²) in [7, 11) is 0. The molecular weight excluding hydrogens is 243 g/mol. The molecule has 1 heterocycles. The van der Waals surface area contributed by atoms with E-state index in [0.29, 0.717) is 18.7 Å². The summed E-state index contributed by atoms with van der Waals surface area (Å²) >= 11 is 0. The topological polar surface area (TPSA) is 35.2 Å². The lowest BCUT2D eigenvalue weighted by Crippen LogP contribution is -2.28. The van der Waals surface area contributed by atoms with Crippen LogP contribution in [0.4, 0.5) is 13.2 Å². The average Bonchev–Trinajstić information content (AvgIpc) is 2.38. The lowest BCUT2D eigenvalue weighted by atomic mass is 9.89. The Morgan fingerprint density at radius 2 is 2.11 bits per heavy atom. The Morgan fingerprint density at radius 1 is 1.33 bits per heavy atom. The minimum absolute atomic E-state index is 0.0993. The summed E-state index contributed by atoms with van der Waals surface area (Å²) < 4.78 is 43.5. The third-order valence-corrected chi connectivity index (χ3v) is 3.29. The number of rotatable bonds is 2. The molecule has 5 heteroatoms. The Morgan fingerprint density at radius 3 is 2.78 bits per heavy atom. The second kappa shape index (κ2) is 5.28. The molecule has 1 aliphatic rings. The van der Waals surface area contributed by atoms with Crippen molar-refractivity contribution in [1.82, 2.24) is 0 Å². The fourth-order valence-electron chi connectivity index (χ4n) is 2.35. The Hall–Kier alpha value is -1.07. The van der Waals surface area contributed by atoms with Crippen LogP contribution < -0.4 is 5.73 Å². The van der Waals surface area contributed by atoms with Crippen LogP contribution in [0.25, 0.3) is 0 Å². The second-order valence-corrected chi connectivity index (χ2v) is 4.55. The number of halogens is 3. The van der Waals surface area contributed by atoms with E-state index in [2.05, 4.69) is 0 Å². The van der Waals surface area contributed by atoms with Gasteiger partial charge in [0.2, 0.25) is 0 Å². The monoisotopic (exact) mass is 259 g/mol. The van der Waals surface area contributed by atoms with Crippen molar-refractivity contribution in [1.29, 1.82) is 0 Å². The maximum Gasteiger partial charge on any atom is 0.416 e. The van der Waals surface area contributed by atoms with Crippen molar-refractivity contribution in [2.75, 3.05) is 13.2 Å². The number of hydrogen-bond acceptors (Lipinski definition) is 2. The van der Waals surface area contributed by atoms with Crippen molar-refractivity contribution in [2.45, 2.75) is 25.1 Å². The van der Waals surface area contributed by atoms with Crippen LogP contribution in [0.1, 0.15) is 30.1 Å². The summed E-state index contributed by atoms with van der Waals surface area (Å²) in [4.78, 5) is 0. The summed E-state index contributed by atoms with van der Waals surface area (Å²) in [5.41, 5.74) is 5.59. The summed E-state index contributed by atoms with van der Waals surface area (Å²) in [6.07, 6.45) is -2.82. The van der Waals surface area contributed by atoms with Crippen molar-refractivity contribution >= 4 is 0 Å². The number of nitrogens with two attached hydrogens (primary N) is 1. The smallest absolute Gasteiger partial charge is 0.373 e. The molecule has 0 radical (unpaired) electrons. The fourth-order valence-corrected chi connectivity index (χ4v) is 2.35. The minimum Gasteiger partial charge on any atom is -0.373 e. The lowest BCUT2D eigenvalue weighted by molar-refractivity contribution is -0.137. The van der Waals surface area contributed by atoms with Crippen molar-refractivity contribution in [2.24, 2.45) is 11.7 Å². The van der Waals surface area contributed by atoms with Gasteiger partial charge < -0.3 is 10.5 Å². The molecule has 0 aliphatic carbocycles. The van der Waals surface area contributed by atoms with E-state index < -0.39 is 11.7 Å². The first-order chi connectivity index (χ1) is 8.52. The third kappa shape index (κ3) is 2.84. The maximum atomic E-state index is 12.6. The standard InChI is InChI=1S/C13H16F3NO/c14-13(15,16)11-5-1-3-9(7-11)12-10(8-17)4-2-6-18-12/h1,3,5,7,10,12H,2,4,6,8,17H2. The van der Waals surface area contributed by atoms with Crippen LogP contribution in [0.5, 0.6) is 0 Å². The van der Waals surface area contributed by atoms with Gasteiger partial charge in [-0.05, 0) is 37.1 Å². The van der Waals surface area contributed by atoms with E-state index in [1.54, 1.807) is 6.07 Å². The fraction of sp³-hybridized carbons (Fsp3) is 0.538. The van der Waals surface area contributed by atoms with Gasteiger partial charge in [-0.15, -0.1) is 0 Å². The van der Waals surface area contributed by atoms with E-state index in [-0.39, 0.29) is 12.0 Å². The van der Waals surface area contributed by atoms with E-state index in [1.807, 2.05) is 0 Å². The molecule has 0 amide bonds. The highest BCUT2D eigenvalue weighted by atomic mass is 19.4. The van der Waals surface area contributed by atoms with Crippen molar-refractivity contribution in [3.05, 3.63) is 35.4 Å². The number of alkyl halides is 3. The quantitative estimate of drug-likeness (QED) is 0.885. The number of hydrogen-bond donors (Lipinski definition) is 1. The van der Waals surface area contributed by atoms with Crippen LogP contribution in [-0.4, -0.2) is 13.2 Å². The first-order valence-corrected chi connectivity index (χ1v) is 6.01. The predicted molar refractivity (Wildman–Crippen MR) is 61.9 cm³/mol. The molecule has 2 N–H and O–H groups in total. The molecule has 0 saturated carbocycles. The predicted octanol–water partition coefficient (Wildman–Crippen LogP) is 3.13. The SMILES string of the molecule is NCC1CCCOC1c1cccc(C(F)(F)F)c1. The summed E-state index contributed by atoms with van der Waals surface area (Å²) in [6.45, 7) is 1.01. The Labute approximate surface area is 104 Å². The van der Waals surface area contributed by atoms with E-state index in [4.69, 9.17) is 10.5 Å². The molecule has 18 heavy (non-hydrogen) atoms. The van der Waals surface area contributed by atoms with Gasteiger partial charge in [0, 0.05) is 12.5 Å². The van der Waals surface area contributed by atoms with Crippen LogP contribution >= 0.6 is 0 Å². The van der Waals surface area contributed by atoms with Gasteiger partial charge in [-0.2, -0.15) is 13.2 Å². The van der Waals surface area contributed by atoms with Crippen LogP contribution in [0.2, 0.25) is 0 Å². The van der Waals surface area contributed by atoms with Gasteiger partial charge in [-0.3, -0.25) is 0 Å². The molecule has 2 rings (SSSR count). The average molecular weight is 259 g/mol. The van der Waals surface area contributed by atoms with Crippen LogP contribution in [0.15, 0.2) is 24.3 Å². The zero-order chi connectivity index (χ0) is 13.2. The molecule has 2 nitrogen and oxygen atoms in total.